The quantitative estimate of drug-likeness (QED) is 0.242. The normalized spacial score (nSPS) is 15.6. The Bertz CT molecular complexity index is 1540. The lowest BCUT2D eigenvalue weighted by Gasteiger charge is -2.26. The number of rotatable bonds is 6. The van der Waals surface area contributed by atoms with Crippen LogP contribution in [-0.2, 0) is 4.74 Å². The third-order valence-corrected chi connectivity index (χ3v) is 6.85. The summed E-state index contributed by atoms with van der Waals surface area (Å²) in [6.45, 7) is 2.87. The Balaban J connectivity index is 1.94. The highest BCUT2D eigenvalue weighted by Crippen LogP contribution is 2.46. The number of nitrogens with one attached hydrogen (secondary N) is 1. The van der Waals surface area contributed by atoms with Gasteiger partial charge in [0.2, 0.25) is 5.88 Å². The highest BCUT2D eigenvalue weighted by Gasteiger charge is 2.30. The van der Waals surface area contributed by atoms with Gasteiger partial charge in [-0.3, -0.25) is 0 Å². The summed E-state index contributed by atoms with van der Waals surface area (Å²) in [6.07, 6.45) is 2.93. The maximum Gasteiger partial charge on any atom is 0.354 e. The largest absolute Gasteiger partial charge is 0.481 e. The van der Waals surface area contributed by atoms with Crippen LogP contribution in [0, 0.1) is 18.2 Å². The number of benzene rings is 2. The van der Waals surface area contributed by atoms with Crippen LogP contribution >= 0.6 is 0 Å². The van der Waals surface area contributed by atoms with E-state index in [-0.39, 0.29) is 23.3 Å². The second kappa shape index (κ2) is 9.67. The van der Waals surface area contributed by atoms with Crippen molar-refractivity contribution in [2.45, 2.75) is 25.7 Å². The van der Waals surface area contributed by atoms with Crippen LogP contribution in [-0.4, -0.2) is 47.2 Å². The van der Waals surface area contributed by atoms with E-state index in [1.54, 1.807) is 25.1 Å². The van der Waals surface area contributed by atoms with Crippen LogP contribution in [0.25, 0.3) is 27.7 Å². The van der Waals surface area contributed by atoms with Gasteiger partial charge in [0.05, 0.1) is 19.2 Å². The zero-order chi connectivity index (χ0) is 26.3. The van der Waals surface area contributed by atoms with E-state index in [2.05, 4.69) is 9.55 Å². The minimum absolute atomic E-state index is 0.0185. The van der Waals surface area contributed by atoms with E-state index in [0.717, 1.165) is 40.7 Å². The summed E-state index contributed by atoms with van der Waals surface area (Å²) in [6, 6.07) is 11.8. The van der Waals surface area contributed by atoms with Gasteiger partial charge in [0, 0.05) is 57.9 Å². The van der Waals surface area contributed by atoms with Crippen molar-refractivity contribution in [1.82, 2.24) is 9.55 Å². The van der Waals surface area contributed by atoms with E-state index in [4.69, 9.17) is 20.6 Å². The molecule has 2 aromatic carbocycles. The number of hydrogen-bond donors (Lipinski definition) is 3. The van der Waals surface area contributed by atoms with Crippen LogP contribution in [0.2, 0.25) is 0 Å². The van der Waals surface area contributed by atoms with Crippen LogP contribution in [0.1, 0.15) is 46.1 Å². The summed E-state index contributed by atoms with van der Waals surface area (Å²) >= 11 is 0. The molecule has 5 rings (SSSR count). The second-order valence-corrected chi connectivity index (χ2v) is 9.14. The van der Waals surface area contributed by atoms with Gasteiger partial charge in [-0.15, -0.1) is 0 Å². The molecule has 9 heteroatoms. The van der Waals surface area contributed by atoms with Crippen molar-refractivity contribution in [3.63, 3.8) is 0 Å². The van der Waals surface area contributed by atoms with Gasteiger partial charge >= 0.3 is 5.97 Å². The standard InChI is InChI=1S/C28H27FN4O4/c1-15-10-18(5-7-21(15)29)33-24-11-17(13-30)22(31)12-20(24)25(26(33)16-4-3-9-37-14-16)19-6-8-23(28(34)35)32-27(19)36-2/h5-8,10-13,16,30H,3-4,9,14,31H2,1-2H3,(H,34,35). The molecule has 1 aliphatic rings. The monoisotopic (exact) mass is 502 g/mol. The van der Waals surface area contributed by atoms with Crippen LogP contribution in [0.4, 0.5) is 10.1 Å². The number of nitrogen functional groups attached to an aromatic ring is 1. The van der Waals surface area contributed by atoms with Crippen molar-refractivity contribution < 1.29 is 23.8 Å². The summed E-state index contributed by atoms with van der Waals surface area (Å²) in [7, 11) is 1.45. The number of ether oxygens (including phenoxy) is 2. The number of nitrogens with zero attached hydrogens (tertiary/aromatic N) is 2. The number of pyridine rings is 1. The SMILES string of the molecule is COc1nc(C(=O)O)ccc1-c1c(C2CCCOC2)n(-c2ccc(F)c(C)c2)c2cc(C=N)c(N)cc12. The van der Waals surface area contributed by atoms with E-state index in [9.17, 15) is 14.3 Å². The number of carboxylic acid groups (broad SMARTS) is 1. The topological polar surface area (TPSA) is 123 Å². The van der Waals surface area contributed by atoms with Gasteiger partial charge in [-0.05, 0) is 67.8 Å². The number of anilines is 1. The maximum atomic E-state index is 14.3. The van der Waals surface area contributed by atoms with Crippen LogP contribution < -0.4 is 10.5 Å². The van der Waals surface area contributed by atoms with E-state index in [1.165, 1.54) is 25.5 Å². The Hall–Kier alpha value is -4.24. The van der Waals surface area contributed by atoms with Gasteiger partial charge in [0.25, 0.3) is 0 Å². The average Bonchev–Trinajstić information content (AvgIpc) is 3.23. The zero-order valence-corrected chi connectivity index (χ0v) is 20.5. The Morgan fingerprint density at radius 3 is 2.76 bits per heavy atom. The number of aromatic carboxylic acids is 1. The molecule has 1 unspecified atom stereocenters. The third-order valence-electron chi connectivity index (χ3n) is 6.85. The second-order valence-electron chi connectivity index (χ2n) is 9.14. The summed E-state index contributed by atoms with van der Waals surface area (Å²) in [4.78, 5) is 15.8. The van der Waals surface area contributed by atoms with Gasteiger partial charge in [-0.1, -0.05) is 0 Å². The van der Waals surface area contributed by atoms with Crippen molar-refractivity contribution in [2.75, 3.05) is 26.1 Å². The summed E-state index contributed by atoms with van der Waals surface area (Å²) in [5.74, 6) is -1.31. The smallest absolute Gasteiger partial charge is 0.354 e. The number of methoxy groups -OCH3 is 1. The number of nitrogens with two attached hydrogens (primary N) is 1. The molecule has 190 valence electrons. The summed E-state index contributed by atoms with van der Waals surface area (Å²) < 4.78 is 27.8. The molecule has 0 spiro atoms. The molecule has 37 heavy (non-hydrogen) atoms. The molecule has 0 saturated carbocycles. The fourth-order valence-electron chi connectivity index (χ4n) is 5.09. The molecular weight excluding hydrogens is 475 g/mol. The molecule has 4 aromatic rings. The molecule has 0 radical (unpaired) electrons. The fourth-order valence-corrected chi connectivity index (χ4v) is 5.09. The maximum absolute atomic E-state index is 14.3. The Kier molecular flexibility index (Phi) is 6.39. The molecular formula is C28H27FN4O4. The van der Waals surface area contributed by atoms with Crippen molar-refractivity contribution >= 4 is 28.8 Å². The van der Waals surface area contributed by atoms with Crippen molar-refractivity contribution in [3.05, 3.63) is 70.8 Å². The predicted octanol–water partition coefficient (Wildman–Crippen LogP) is 5.32. The Morgan fingerprint density at radius 2 is 2.11 bits per heavy atom. The van der Waals surface area contributed by atoms with E-state index in [0.29, 0.717) is 35.6 Å². The highest BCUT2D eigenvalue weighted by atomic mass is 19.1. The average molecular weight is 503 g/mol. The molecule has 0 bridgehead atoms. The first-order valence-electron chi connectivity index (χ1n) is 11.9. The van der Waals surface area contributed by atoms with Crippen molar-refractivity contribution in [3.8, 4) is 22.7 Å². The molecule has 1 fully saturated rings. The van der Waals surface area contributed by atoms with Crippen LogP contribution in [0.3, 0.4) is 0 Å². The third kappa shape index (κ3) is 4.21. The first kappa shape index (κ1) is 24.5. The lowest BCUT2D eigenvalue weighted by atomic mass is 9.91. The molecule has 2 aromatic heterocycles. The summed E-state index contributed by atoms with van der Waals surface area (Å²) in [5, 5.41) is 18.1. The first-order chi connectivity index (χ1) is 17.8. The van der Waals surface area contributed by atoms with Crippen LogP contribution in [0.15, 0.2) is 42.5 Å². The lowest BCUT2D eigenvalue weighted by molar-refractivity contribution is 0.0689. The minimum atomic E-state index is -1.16. The zero-order valence-electron chi connectivity index (χ0n) is 20.5. The summed E-state index contributed by atoms with van der Waals surface area (Å²) in [5.41, 5.74) is 11.5. The number of halogens is 1. The van der Waals surface area contributed by atoms with Gasteiger partial charge in [0.1, 0.15) is 5.82 Å². The van der Waals surface area contributed by atoms with Gasteiger partial charge in [0.15, 0.2) is 5.69 Å². The van der Waals surface area contributed by atoms with E-state index < -0.39 is 5.97 Å². The van der Waals surface area contributed by atoms with Gasteiger partial charge in [-0.2, -0.15) is 0 Å². The lowest BCUT2D eigenvalue weighted by Crippen LogP contribution is -2.19. The number of carboxylic acids is 1. The minimum Gasteiger partial charge on any atom is -0.481 e. The predicted molar refractivity (Wildman–Crippen MR) is 140 cm³/mol. The highest BCUT2D eigenvalue weighted by molar-refractivity contribution is 6.05. The molecule has 0 amide bonds. The van der Waals surface area contributed by atoms with Crippen molar-refractivity contribution in [1.29, 1.82) is 5.41 Å². The molecule has 0 aliphatic carbocycles. The van der Waals surface area contributed by atoms with Gasteiger partial charge in [-0.25, -0.2) is 14.2 Å². The number of fused-ring (bicyclic) bond motifs is 1. The fraction of sp³-hybridized carbons (Fsp3) is 0.250. The molecule has 4 N–H and O–H groups in total. The molecule has 8 nitrogen and oxygen atoms in total. The van der Waals surface area contributed by atoms with E-state index in [1.807, 2.05) is 12.1 Å². The molecule has 1 saturated heterocycles. The van der Waals surface area contributed by atoms with E-state index >= 15 is 0 Å². The number of aromatic nitrogens is 2. The van der Waals surface area contributed by atoms with Gasteiger partial charge < -0.3 is 30.3 Å². The first-order valence-corrected chi connectivity index (χ1v) is 11.9. The molecule has 3 heterocycles. The van der Waals surface area contributed by atoms with Crippen LogP contribution in [0.5, 0.6) is 5.88 Å². The Labute approximate surface area is 213 Å². The number of aryl methyl sites for hydroxylation is 1. The number of carbonyl (C=O) groups is 1. The number of hydrogen-bond acceptors (Lipinski definition) is 6. The molecule has 1 atom stereocenters. The Morgan fingerprint density at radius 1 is 1.30 bits per heavy atom. The molecule has 1 aliphatic heterocycles. The van der Waals surface area contributed by atoms with Crippen molar-refractivity contribution in [2.24, 2.45) is 0 Å².